The standard InChI is InChI=1S/C20H23FN4O3/c1-2-12-24(13-15-6-8-16(21)9-7-15)14-17(26)23-25-18(27)20(22-19(25)28)10-4-3-5-11-20/h1,6-9H,3-5,10-14H2,(H,22,28)(H,23,26). The molecule has 4 amide bonds. The third kappa shape index (κ3) is 4.31. The van der Waals surface area contributed by atoms with Gasteiger partial charge in [-0.3, -0.25) is 19.9 Å². The van der Waals surface area contributed by atoms with Gasteiger partial charge in [-0.1, -0.05) is 37.3 Å². The van der Waals surface area contributed by atoms with Crippen LogP contribution in [0.15, 0.2) is 24.3 Å². The highest BCUT2D eigenvalue weighted by atomic mass is 19.1. The molecule has 1 saturated heterocycles. The van der Waals surface area contributed by atoms with Crippen LogP contribution in [0.25, 0.3) is 0 Å². The summed E-state index contributed by atoms with van der Waals surface area (Å²) in [6, 6.07) is 5.28. The van der Waals surface area contributed by atoms with Gasteiger partial charge >= 0.3 is 6.03 Å². The number of amides is 4. The molecular formula is C20H23FN4O3. The van der Waals surface area contributed by atoms with Crippen molar-refractivity contribution in [2.75, 3.05) is 13.1 Å². The van der Waals surface area contributed by atoms with Gasteiger partial charge < -0.3 is 5.32 Å². The summed E-state index contributed by atoms with van der Waals surface area (Å²) in [4.78, 5) is 39.0. The van der Waals surface area contributed by atoms with E-state index in [1.165, 1.54) is 12.1 Å². The van der Waals surface area contributed by atoms with E-state index < -0.39 is 23.4 Å². The van der Waals surface area contributed by atoms with E-state index >= 15 is 0 Å². The molecule has 1 saturated carbocycles. The number of imide groups is 1. The van der Waals surface area contributed by atoms with E-state index in [1.807, 2.05) is 0 Å². The highest BCUT2D eigenvalue weighted by molar-refractivity contribution is 6.08. The third-order valence-electron chi connectivity index (χ3n) is 5.11. The second-order valence-corrected chi connectivity index (χ2v) is 7.22. The number of nitrogens with zero attached hydrogens (tertiary/aromatic N) is 2. The van der Waals surface area contributed by atoms with Crippen molar-refractivity contribution in [3.63, 3.8) is 0 Å². The van der Waals surface area contributed by atoms with E-state index in [4.69, 9.17) is 6.42 Å². The van der Waals surface area contributed by atoms with E-state index in [1.54, 1.807) is 17.0 Å². The van der Waals surface area contributed by atoms with Crippen LogP contribution in [0, 0.1) is 18.2 Å². The number of rotatable bonds is 6. The number of carbonyl (C=O) groups excluding carboxylic acids is 3. The summed E-state index contributed by atoms with van der Waals surface area (Å²) in [5, 5.41) is 3.52. The van der Waals surface area contributed by atoms with Crippen molar-refractivity contribution in [3.8, 4) is 12.3 Å². The largest absolute Gasteiger partial charge is 0.344 e. The van der Waals surface area contributed by atoms with Crippen molar-refractivity contribution in [3.05, 3.63) is 35.6 Å². The smallest absolute Gasteiger partial charge is 0.322 e. The minimum Gasteiger partial charge on any atom is -0.322 e. The SMILES string of the molecule is C#CCN(CC(=O)NN1C(=O)NC2(CCCCC2)C1=O)Cc1ccc(F)cc1. The van der Waals surface area contributed by atoms with Gasteiger partial charge in [-0.2, -0.15) is 5.01 Å². The first kappa shape index (κ1) is 19.8. The number of hydrogen-bond acceptors (Lipinski definition) is 4. The lowest BCUT2D eigenvalue weighted by molar-refractivity contribution is -0.140. The van der Waals surface area contributed by atoms with Gasteiger partial charge in [-0.25, -0.2) is 9.18 Å². The molecule has 0 atom stereocenters. The fourth-order valence-electron chi connectivity index (χ4n) is 3.72. The molecule has 1 aliphatic carbocycles. The molecule has 0 aromatic heterocycles. The molecular weight excluding hydrogens is 363 g/mol. The number of halogens is 1. The summed E-state index contributed by atoms with van der Waals surface area (Å²) in [5.74, 6) is 1.20. The predicted octanol–water partition coefficient (Wildman–Crippen LogP) is 1.55. The number of hydrazine groups is 1. The van der Waals surface area contributed by atoms with Gasteiger partial charge in [0.05, 0.1) is 13.1 Å². The quantitative estimate of drug-likeness (QED) is 0.574. The highest BCUT2D eigenvalue weighted by Gasteiger charge is 2.52. The molecule has 148 valence electrons. The van der Waals surface area contributed by atoms with Crippen LogP contribution in [0.4, 0.5) is 9.18 Å². The lowest BCUT2D eigenvalue weighted by Crippen LogP contribution is -2.52. The van der Waals surface area contributed by atoms with Gasteiger partial charge in [-0.05, 0) is 30.5 Å². The highest BCUT2D eigenvalue weighted by Crippen LogP contribution is 2.32. The van der Waals surface area contributed by atoms with Gasteiger partial charge in [0.25, 0.3) is 11.8 Å². The van der Waals surface area contributed by atoms with Crippen molar-refractivity contribution < 1.29 is 18.8 Å². The molecule has 1 aliphatic heterocycles. The van der Waals surface area contributed by atoms with Gasteiger partial charge in [-0.15, -0.1) is 6.42 Å². The summed E-state index contributed by atoms with van der Waals surface area (Å²) in [6.07, 6.45) is 9.29. The molecule has 2 fully saturated rings. The average molecular weight is 386 g/mol. The molecule has 2 N–H and O–H groups in total. The van der Waals surface area contributed by atoms with E-state index in [2.05, 4.69) is 16.7 Å². The topological polar surface area (TPSA) is 81.8 Å². The van der Waals surface area contributed by atoms with Crippen LogP contribution >= 0.6 is 0 Å². The molecule has 1 spiro atoms. The van der Waals surface area contributed by atoms with Crippen LogP contribution in [0.1, 0.15) is 37.7 Å². The van der Waals surface area contributed by atoms with E-state index in [0.717, 1.165) is 29.8 Å². The molecule has 1 aromatic carbocycles. The number of benzene rings is 1. The molecule has 3 rings (SSSR count). The Labute approximate surface area is 163 Å². The second-order valence-electron chi connectivity index (χ2n) is 7.22. The molecule has 28 heavy (non-hydrogen) atoms. The number of carbonyl (C=O) groups is 3. The fourth-order valence-corrected chi connectivity index (χ4v) is 3.72. The summed E-state index contributed by atoms with van der Waals surface area (Å²) >= 11 is 0. The first-order valence-corrected chi connectivity index (χ1v) is 9.30. The van der Waals surface area contributed by atoms with Crippen molar-refractivity contribution in [1.82, 2.24) is 20.7 Å². The molecule has 0 radical (unpaired) electrons. The summed E-state index contributed by atoms with van der Waals surface area (Å²) in [5.41, 5.74) is 2.29. The zero-order chi connectivity index (χ0) is 20.1. The average Bonchev–Trinajstić information content (AvgIpc) is 2.88. The van der Waals surface area contributed by atoms with Crippen molar-refractivity contribution in [2.45, 2.75) is 44.2 Å². The predicted molar refractivity (Wildman–Crippen MR) is 99.8 cm³/mol. The summed E-state index contributed by atoms with van der Waals surface area (Å²) in [6.45, 7) is 0.419. The molecule has 1 heterocycles. The Hall–Kier alpha value is -2.92. The first-order chi connectivity index (χ1) is 13.4. The Morgan fingerprint density at radius 2 is 1.93 bits per heavy atom. The minimum atomic E-state index is -0.894. The van der Waals surface area contributed by atoms with Crippen LogP contribution in [0.2, 0.25) is 0 Å². The molecule has 0 bridgehead atoms. The maximum Gasteiger partial charge on any atom is 0.344 e. The molecule has 2 aliphatic rings. The van der Waals surface area contributed by atoms with Gasteiger partial charge in [0.15, 0.2) is 0 Å². The first-order valence-electron chi connectivity index (χ1n) is 9.30. The van der Waals surface area contributed by atoms with Crippen LogP contribution in [-0.2, 0) is 16.1 Å². The minimum absolute atomic E-state index is 0.106. The molecule has 8 heteroatoms. The number of urea groups is 1. The van der Waals surface area contributed by atoms with Crippen LogP contribution < -0.4 is 10.7 Å². The maximum atomic E-state index is 13.0. The second kappa shape index (κ2) is 8.40. The van der Waals surface area contributed by atoms with Crippen LogP contribution in [0.5, 0.6) is 0 Å². The zero-order valence-electron chi connectivity index (χ0n) is 15.5. The maximum absolute atomic E-state index is 13.0. The Balaban J connectivity index is 1.61. The Kier molecular flexibility index (Phi) is 5.95. The van der Waals surface area contributed by atoms with Crippen molar-refractivity contribution in [2.24, 2.45) is 0 Å². The Morgan fingerprint density at radius 1 is 1.25 bits per heavy atom. The zero-order valence-corrected chi connectivity index (χ0v) is 15.5. The number of terminal acetylenes is 1. The van der Waals surface area contributed by atoms with E-state index in [-0.39, 0.29) is 18.9 Å². The third-order valence-corrected chi connectivity index (χ3v) is 5.11. The summed E-state index contributed by atoms with van der Waals surface area (Å²) < 4.78 is 13.0. The monoisotopic (exact) mass is 386 g/mol. The van der Waals surface area contributed by atoms with E-state index in [9.17, 15) is 18.8 Å². The van der Waals surface area contributed by atoms with Gasteiger partial charge in [0.1, 0.15) is 11.4 Å². The molecule has 1 aromatic rings. The lowest BCUT2D eigenvalue weighted by atomic mass is 9.82. The molecule has 7 nitrogen and oxygen atoms in total. The van der Waals surface area contributed by atoms with Crippen molar-refractivity contribution >= 4 is 17.8 Å². The van der Waals surface area contributed by atoms with Crippen molar-refractivity contribution in [1.29, 1.82) is 0 Å². The van der Waals surface area contributed by atoms with Gasteiger partial charge in [0.2, 0.25) is 0 Å². The normalized spacial score (nSPS) is 18.2. The number of hydrogen-bond donors (Lipinski definition) is 2. The molecule has 0 unspecified atom stereocenters. The number of nitrogens with one attached hydrogen (secondary N) is 2. The van der Waals surface area contributed by atoms with Gasteiger partial charge in [0, 0.05) is 6.54 Å². The lowest BCUT2D eigenvalue weighted by Gasteiger charge is -2.30. The van der Waals surface area contributed by atoms with Crippen LogP contribution in [0.3, 0.4) is 0 Å². The summed E-state index contributed by atoms with van der Waals surface area (Å²) in [7, 11) is 0. The van der Waals surface area contributed by atoms with E-state index in [0.29, 0.717) is 19.4 Å². The Bertz CT molecular complexity index is 797. The van der Waals surface area contributed by atoms with Crippen LogP contribution in [-0.4, -0.2) is 46.4 Å². The fraction of sp³-hybridized carbons (Fsp3) is 0.450. The Morgan fingerprint density at radius 3 is 2.57 bits per heavy atom.